The van der Waals surface area contributed by atoms with Crippen LogP contribution in [0.2, 0.25) is 0 Å². The van der Waals surface area contributed by atoms with Crippen molar-refractivity contribution in [3.63, 3.8) is 0 Å². The lowest BCUT2D eigenvalue weighted by Gasteiger charge is -2.43. The van der Waals surface area contributed by atoms with Crippen molar-refractivity contribution in [2.45, 2.75) is 71.3 Å². The van der Waals surface area contributed by atoms with Gasteiger partial charge in [0.1, 0.15) is 11.5 Å². The standard InChI is InChI=1S/C27H35NO4/c1-6-32-25(30)15-23-27(22-9-7-8-12-26(22,4)28-23)16-18(3)19(14-24(27)29)20-13-17(2)10-11-21(20)31-5/h10-11,13,15-16,19,22,28H,6-9,12,14H2,1-5H3/b23-15-/t19-,22-,26+,27-/m1/s1. The molecule has 2 aliphatic carbocycles. The molecule has 32 heavy (non-hydrogen) atoms. The molecule has 2 fully saturated rings. The minimum absolute atomic E-state index is 0.0257. The van der Waals surface area contributed by atoms with Crippen LogP contribution in [0.25, 0.3) is 0 Å². The van der Waals surface area contributed by atoms with Crippen molar-refractivity contribution < 1.29 is 19.1 Å². The molecule has 0 unspecified atom stereocenters. The highest BCUT2D eigenvalue weighted by atomic mass is 16.5. The normalized spacial score (nSPS) is 33.0. The molecule has 4 rings (SSSR count). The van der Waals surface area contributed by atoms with E-state index in [1.165, 1.54) is 6.08 Å². The molecule has 0 amide bonds. The number of benzene rings is 1. The number of esters is 1. The number of carbonyl (C=O) groups is 2. The molecule has 1 heterocycles. The fourth-order valence-corrected chi connectivity index (χ4v) is 6.33. The predicted octanol–water partition coefficient (Wildman–Crippen LogP) is 4.99. The predicted molar refractivity (Wildman–Crippen MR) is 125 cm³/mol. The number of allylic oxidation sites excluding steroid dienone is 2. The highest BCUT2D eigenvalue weighted by molar-refractivity contribution is 5.96. The molecule has 0 aromatic heterocycles. The van der Waals surface area contributed by atoms with E-state index >= 15 is 0 Å². The van der Waals surface area contributed by atoms with Gasteiger partial charge in [0.2, 0.25) is 0 Å². The molecule has 5 heteroatoms. The molecular formula is C27H35NO4. The summed E-state index contributed by atoms with van der Waals surface area (Å²) in [6.45, 7) is 8.49. The Hall–Kier alpha value is -2.56. The zero-order valence-corrected chi connectivity index (χ0v) is 19.9. The summed E-state index contributed by atoms with van der Waals surface area (Å²) in [6, 6.07) is 6.13. The van der Waals surface area contributed by atoms with Crippen molar-refractivity contribution in [1.29, 1.82) is 0 Å². The molecule has 1 spiro atoms. The second-order valence-corrected chi connectivity index (χ2v) is 9.83. The lowest BCUT2D eigenvalue weighted by molar-refractivity contribution is -0.137. The van der Waals surface area contributed by atoms with E-state index < -0.39 is 11.4 Å². The Labute approximate surface area is 191 Å². The molecular weight excluding hydrogens is 402 g/mol. The van der Waals surface area contributed by atoms with Crippen LogP contribution in [-0.2, 0) is 14.3 Å². The van der Waals surface area contributed by atoms with E-state index in [4.69, 9.17) is 9.47 Å². The number of aryl methyl sites for hydroxylation is 1. The third-order valence-electron chi connectivity index (χ3n) is 7.79. The average molecular weight is 438 g/mol. The molecule has 1 saturated carbocycles. The summed E-state index contributed by atoms with van der Waals surface area (Å²) in [5.41, 5.74) is 3.07. The van der Waals surface area contributed by atoms with Gasteiger partial charge in [0.15, 0.2) is 0 Å². The number of Topliss-reactive ketones (excluding diaryl/α,β-unsaturated/α-hetero) is 1. The van der Waals surface area contributed by atoms with Gasteiger partial charge < -0.3 is 14.8 Å². The van der Waals surface area contributed by atoms with Crippen molar-refractivity contribution in [3.8, 4) is 5.75 Å². The number of ketones is 1. The van der Waals surface area contributed by atoms with Gasteiger partial charge in [-0.2, -0.15) is 0 Å². The third-order valence-corrected chi connectivity index (χ3v) is 7.79. The minimum atomic E-state index is -0.792. The Morgan fingerprint density at radius 3 is 2.78 bits per heavy atom. The molecule has 1 aromatic carbocycles. The zero-order chi connectivity index (χ0) is 23.1. The van der Waals surface area contributed by atoms with Gasteiger partial charge in [-0.25, -0.2) is 4.79 Å². The number of ether oxygens (including phenoxy) is 2. The number of hydrogen-bond acceptors (Lipinski definition) is 5. The van der Waals surface area contributed by atoms with E-state index in [9.17, 15) is 9.59 Å². The van der Waals surface area contributed by atoms with Crippen LogP contribution < -0.4 is 10.1 Å². The molecule has 0 radical (unpaired) electrons. The summed E-state index contributed by atoms with van der Waals surface area (Å²) in [5.74, 6) is 0.703. The Morgan fingerprint density at radius 1 is 1.28 bits per heavy atom. The molecule has 1 N–H and O–H groups in total. The monoisotopic (exact) mass is 437 g/mol. The van der Waals surface area contributed by atoms with Gasteiger partial charge in [0, 0.05) is 41.1 Å². The van der Waals surface area contributed by atoms with Crippen molar-refractivity contribution in [2.75, 3.05) is 13.7 Å². The van der Waals surface area contributed by atoms with Crippen LogP contribution in [0.1, 0.15) is 69.9 Å². The Bertz CT molecular complexity index is 993. The van der Waals surface area contributed by atoms with E-state index in [1.807, 2.05) is 12.1 Å². The Kier molecular flexibility index (Phi) is 5.95. The van der Waals surface area contributed by atoms with Gasteiger partial charge in [-0.05, 0) is 46.6 Å². The molecule has 4 atom stereocenters. The smallest absolute Gasteiger partial charge is 0.332 e. The molecule has 172 valence electrons. The number of methoxy groups -OCH3 is 1. The van der Waals surface area contributed by atoms with Crippen LogP contribution >= 0.6 is 0 Å². The van der Waals surface area contributed by atoms with Gasteiger partial charge in [-0.1, -0.05) is 42.2 Å². The first-order valence-corrected chi connectivity index (χ1v) is 11.8. The van der Waals surface area contributed by atoms with Gasteiger partial charge in [-0.3, -0.25) is 4.79 Å². The largest absolute Gasteiger partial charge is 0.496 e. The number of fused-ring (bicyclic) bond motifs is 2. The van der Waals surface area contributed by atoms with Crippen molar-refractivity contribution in [2.24, 2.45) is 11.3 Å². The number of hydrogen-bond donors (Lipinski definition) is 1. The fraction of sp³-hybridized carbons (Fsp3) is 0.556. The van der Waals surface area contributed by atoms with Crippen molar-refractivity contribution in [1.82, 2.24) is 5.32 Å². The van der Waals surface area contributed by atoms with Gasteiger partial charge in [-0.15, -0.1) is 0 Å². The highest BCUT2D eigenvalue weighted by Crippen LogP contribution is 2.59. The first-order chi connectivity index (χ1) is 15.2. The minimum Gasteiger partial charge on any atom is -0.496 e. The van der Waals surface area contributed by atoms with Crippen LogP contribution in [0.4, 0.5) is 0 Å². The van der Waals surface area contributed by atoms with Crippen molar-refractivity contribution in [3.05, 3.63) is 52.7 Å². The van der Waals surface area contributed by atoms with E-state index in [1.54, 1.807) is 14.0 Å². The maximum atomic E-state index is 14.1. The van der Waals surface area contributed by atoms with Crippen LogP contribution in [0.5, 0.6) is 5.75 Å². The second kappa shape index (κ2) is 8.42. The summed E-state index contributed by atoms with van der Waals surface area (Å²) >= 11 is 0. The lowest BCUT2D eigenvalue weighted by Crippen LogP contribution is -2.48. The van der Waals surface area contributed by atoms with E-state index in [0.29, 0.717) is 18.7 Å². The number of rotatable bonds is 4. The highest BCUT2D eigenvalue weighted by Gasteiger charge is 2.62. The van der Waals surface area contributed by atoms with Crippen molar-refractivity contribution >= 4 is 11.8 Å². The zero-order valence-electron chi connectivity index (χ0n) is 19.9. The van der Waals surface area contributed by atoms with Crippen LogP contribution in [0, 0.1) is 18.3 Å². The van der Waals surface area contributed by atoms with E-state index in [2.05, 4.69) is 38.2 Å². The maximum Gasteiger partial charge on any atom is 0.332 e. The van der Waals surface area contributed by atoms with E-state index in [0.717, 1.165) is 48.1 Å². The van der Waals surface area contributed by atoms with Crippen LogP contribution in [-0.4, -0.2) is 31.0 Å². The summed E-state index contributed by atoms with van der Waals surface area (Å²) < 4.78 is 10.8. The van der Waals surface area contributed by atoms with Gasteiger partial charge >= 0.3 is 5.97 Å². The molecule has 5 nitrogen and oxygen atoms in total. The summed E-state index contributed by atoms with van der Waals surface area (Å²) in [5, 5.41) is 3.63. The lowest BCUT2D eigenvalue weighted by atomic mass is 9.57. The Morgan fingerprint density at radius 2 is 2.06 bits per heavy atom. The molecule has 1 aromatic rings. The average Bonchev–Trinajstić information content (AvgIpc) is 2.99. The summed E-state index contributed by atoms with van der Waals surface area (Å²) in [6.07, 6.45) is 8.28. The number of nitrogens with one attached hydrogen (secondary N) is 1. The first-order valence-electron chi connectivity index (χ1n) is 11.8. The van der Waals surface area contributed by atoms with Gasteiger partial charge in [0.25, 0.3) is 0 Å². The SMILES string of the molecule is CCOC(=O)/C=C1\N[C@@]2(C)CCCC[C@H]2[C@]12C=C(C)[C@H](c1cc(C)ccc1OC)CC2=O. The van der Waals surface area contributed by atoms with Crippen LogP contribution in [0.15, 0.2) is 41.6 Å². The topological polar surface area (TPSA) is 64.6 Å². The van der Waals surface area contributed by atoms with Crippen LogP contribution in [0.3, 0.4) is 0 Å². The summed E-state index contributed by atoms with van der Waals surface area (Å²) in [7, 11) is 1.67. The second-order valence-electron chi connectivity index (χ2n) is 9.83. The third kappa shape index (κ3) is 3.56. The quantitative estimate of drug-likeness (QED) is 0.408. The van der Waals surface area contributed by atoms with Gasteiger partial charge in [0.05, 0.1) is 19.1 Å². The molecule has 1 aliphatic heterocycles. The fourth-order valence-electron chi connectivity index (χ4n) is 6.33. The maximum absolute atomic E-state index is 14.1. The Balaban J connectivity index is 1.84. The molecule has 1 saturated heterocycles. The molecule has 3 aliphatic rings. The number of carbonyl (C=O) groups excluding carboxylic acids is 2. The molecule has 0 bridgehead atoms. The summed E-state index contributed by atoms with van der Waals surface area (Å²) in [4.78, 5) is 26.5. The van der Waals surface area contributed by atoms with E-state index in [-0.39, 0.29) is 23.2 Å². The first kappa shape index (κ1) is 22.6.